The van der Waals surface area contributed by atoms with Crippen LogP contribution in [0.4, 0.5) is 0 Å². The highest BCUT2D eigenvalue weighted by molar-refractivity contribution is 5.94. The highest BCUT2D eigenvalue weighted by Gasteiger charge is 2.44. The number of β-amino-alcohol motifs (C(OH)–C–C–N with tert-alkyl or cyclic N) is 1. The lowest BCUT2D eigenvalue weighted by Gasteiger charge is -2.35. The zero-order valence-corrected chi connectivity index (χ0v) is 21.8. The number of aliphatic hydroxyl groups excluding tert-OH is 1. The molecule has 0 saturated carbocycles. The molecule has 9 nitrogen and oxygen atoms in total. The van der Waals surface area contributed by atoms with Crippen LogP contribution in [-0.4, -0.2) is 64.4 Å². The van der Waals surface area contributed by atoms with Gasteiger partial charge in [-0.3, -0.25) is 19.2 Å². The van der Waals surface area contributed by atoms with E-state index in [0.29, 0.717) is 0 Å². The molecule has 1 aliphatic rings. The van der Waals surface area contributed by atoms with E-state index >= 15 is 0 Å². The van der Waals surface area contributed by atoms with Crippen LogP contribution >= 0.6 is 0 Å². The molecule has 1 fully saturated rings. The van der Waals surface area contributed by atoms with Gasteiger partial charge in [-0.2, -0.15) is 0 Å². The van der Waals surface area contributed by atoms with Crippen molar-refractivity contribution in [2.45, 2.75) is 91.0 Å². The maximum atomic E-state index is 13.3. The van der Waals surface area contributed by atoms with E-state index in [-0.39, 0.29) is 30.7 Å². The summed E-state index contributed by atoms with van der Waals surface area (Å²) in [7, 11) is 0. The molecule has 0 unspecified atom stereocenters. The van der Waals surface area contributed by atoms with Crippen LogP contribution in [0, 0.1) is 5.41 Å². The highest BCUT2D eigenvalue weighted by Crippen LogP contribution is 2.26. The fourth-order valence-corrected chi connectivity index (χ4v) is 4.19. The van der Waals surface area contributed by atoms with Gasteiger partial charge < -0.3 is 26.4 Å². The fraction of sp³-hybridized carbons (Fsp3) is 0.615. The van der Waals surface area contributed by atoms with Gasteiger partial charge in [0.25, 0.3) is 0 Å². The van der Waals surface area contributed by atoms with Gasteiger partial charge in [0.2, 0.25) is 23.6 Å². The van der Waals surface area contributed by atoms with Crippen molar-refractivity contribution in [1.29, 1.82) is 0 Å². The first-order valence-electron chi connectivity index (χ1n) is 12.0. The lowest BCUT2D eigenvalue weighted by molar-refractivity contribution is -0.144. The first-order chi connectivity index (χ1) is 16.0. The number of benzene rings is 1. The van der Waals surface area contributed by atoms with Crippen molar-refractivity contribution in [3.63, 3.8) is 0 Å². The van der Waals surface area contributed by atoms with Crippen molar-refractivity contribution in [2.24, 2.45) is 11.1 Å². The first-order valence-corrected chi connectivity index (χ1v) is 12.0. The van der Waals surface area contributed by atoms with E-state index in [1.807, 2.05) is 24.3 Å². The summed E-state index contributed by atoms with van der Waals surface area (Å²) in [5.41, 5.74) is 6.92. The molecule has 194 valence electrons. The Labute approximate surface area is 207 Å². The number of nitrogens with zero attached hydrogens (tertiary/aromatic N) is 1. The molecule has 2 rings (SSSR count). The smallest absolute Gasteiger partial charge is 0.246 e. The summed E-state index contributed by atoms with van der Waals surface area (Å²) in [6.07, 6.45) is -0.671. The SMILES string of the molecule is CC(=O)N[C@H](C(=O)N1C[C@H](O)C[C@H]1C(=O)N[C@H](Cc1ccc(C(C)(C)C)cc1)C(N)=O)C(C)(C)C. The molecule has 0 aromatic heterocycles. The van der Waals surface area contributed by atoms with E-state index in [4.69, 9.17) is 5.73 Å². The molecule has 1 aromatic carbocycles. The lowest BCUT2D eigenvalue weighted by atomic mass is 9.85. The van der Waals surface area contributed by atoms with Crippen molar-refractivity contribution < 1.29 is 24.3 Å². The molecule has 1 heterocycles. The highest BCUT2D eigenvalue weighted by atomic mass is 16.3. The van der Waals surface area contributed by atoms with Crippen molar-refractivity contribution in [3.05, 3.63) is 35.4 Å². The number of nitrogens with two attached hydrogens (primary N) is 1. The lowest BCUT2D eigenvalue weighted by Crippen LogP contribution is -2.58. The van der Waals surface area contributed by atoms with Gasteiger partial charge in [-0.1, -0.05) is 65.8 Å². The van der Waals surface area contributed by atoms with E-state index in [1.54, 1.807) is 20.8 Å². The molecule has 1 saturated heterocycles. The van der Waals surface area contributed by atoms with Gasteiger partial charge in [-0.15, -0.1) is 0 Å². The normalized spacial score (nSPS) is 20.2. The summed E-state index contributed by atoms with van der Waals surface area (Å²) in [4.78, 5) is 51.7. The molecule has 1 aromatic rings. The third-order valence-electron chi connectivity index (χ3n) is 6.25. The molecule has 9 heteroatoms. The van der Waals surface area contributed by atoms with Gasteiger partial charge >= 0.3 is 0 Å². The first kappa shape index (κ1) is 28.3. The predicted octanol–water partition coefficient (Wildman–Crippen LogP) is 1.01. The van der Waals surface area contributed by atoms with Gasteiger partial charge in [-0.05, 0) is 22.0 Å². The van der Waals surface area contributed by atoms with E-state index < -0.39 is 47.4 Å². The van der Waals surface area contributed by atoms with E-state index in [2.05, 4.69) is 31.4 Å². The fourth-order valence-electron chi connectivity index (χ4n) is 4.19. The monoisotopic (exact) mass is 488 g/mol. The Bertz CT molecular complexity index is 946. The molecule has 4 atom stereocenters. The number of nitrogens with one attached hydrogen (secondary N) is 2. The van der Waals surface area contributed by atoms with Crippen LogP contribution in [0.15, 0.2) is 24.3 Å². The molecular weight excluding hydrogens is 448 g/mol. The number of hydrogen-bond donors (Lipinski definition) is 4. The Kier molecular flexibility index (Phi) is 8.70. The molecule has 0 aliphatic carbocycles. The largest absolute Gasteiger partial charge is 0.391 e. The minimum Gasteiger partial charge on any atom is -0.391 e. The number of likely N-dealkylation sites (tertiary alicyclic amines) is 1. The molecule has 1 aliphatic heterocycles. The average molecular weight is 489 g/mol. The van der Waals surface area contributed by atoms with Crippen LogP contribution in [-0.2, 0) is 31.0 Å². The zero-order valence-electron chi connectivity index (χ0n) is 21.8. The number of aliphatic hydroxyl groups is 1. The van der Waals surface area contributed by atoms with Crippen molar-refractivity contribution >= 4 is 23.6 Å². The molecule has 0 radical (unpaired) electrons. The van der Waals surface area contributed by atoms with Gasteiger partial charge in [-0.25, -0.2) is 0 Å². The Morgan fingerprint density at radius 1 is 1.06 bits per heavy atom. The Balaban J connectivity index is 2.20. The van der Waals surface area contributed by atoms with Gasteiger partial charge in [0.05, 0.1) is 6.10 Å². The Morgan fingerprint density at radius 3 is 2.09 bits per heavy atom. The summed E-state index contributed by atoms with van der Waals surface area (Å²) >= 11 is 0. The third kappa shape index (κ3) is 7.52. The third-order valence-corrected chi connectivity index (χ3v) is 6.25. The van der Waals surface area contributed by atoms with Crippen molar-refractivity contribution in [1.82, 2.24) is 15.5 Å². The topological polar surface area (TPSA) is 142 Å². The Morgan fingerprint density at radius 2 is 1.63 bits per heavy atom. The van der Waals surface area contributed by atoms with Crippen LogP contribution < -0.4 is 16.4 Å². The molecule has 5 N–H and O–H groups in total. The number of rotatable bonds is 7. The van der Waals surface area contributed by atoms with Crippen molar-refractivity contribution in [3.8, 4) is 0 Å². The van der Waals surface area contributed by atoms with Gasteiger partial charge in [0.15, 0.2) is 0 Å². The average Bonchev–Trinajstić information content (AvgIpc) is 3.11. The van der Waals surface area contributed by atoms with Gasteiger partial charge in [0, 0.05) is 26.3 Å². The maximum absolute atomic E-state index is 13.3. The second-order valence-corrected chi connectivity index (χ2v) is 11.5. The summed E-state index contributed by atoms with van der Waals surface area (Å²) in [5, 5.41) is 15.6. The summed E-state index contributed by atoms with van der Waals surface area (Å²) in [6, 6.07) is 4.93. The molecule has 0 bridgehead atoms. The molecule has 35 heavy (non-hydrogen) atoms. The minimum absolute atomic E-state index is 0.0166. The van der Waals surface area contributed by atoms with Crippen LogP contribution in [0.25, 0.3) is 0 Å². The second-order valence-electron chi connectivity index (χ2n) is 11.5. The standard InChI is InChI=1S/C26H40N4O5/c1-15(31)28-21(26(5,6)7)24(35)30-14-18(32)13-20(30)23(34)29-19(22(27)33)12-16-8-10-17(11-9-16)25(2,3)4/h8-11,18-21,32H,12-14H2,1-7H3,(H2,27,33)(H,28,31)(H,29,34)/t18-,19-,20+,21-/m1/s1. The van der Waals surface area contributed by atoms with Gasteiger partial charge in [0.1, 0.15) is 18.1 Å². The van der Waals surface area contributed by atoms with Crippen LogP contribution in [0.1, 0.15) is 66.0 Å². The maximum Gasteiger partial charge on any atom is 0.246 e. The number of amides is 4. The second kappa shape index (κ2) is 10.8. The number of hydrogen-bond acceptors (Lipinski definition) is 5. The quantitative estimate of drug-likeness (QED) is 0.453. The summed E-state index contributed by atoms with van der Waals surface area (Å²) < 4.78 is 0. The molecule has 0 spiro atoms. The number of carbonyl (C=O) groups is 4. The Hall–Kier alpha value is -2.94. The van der Waals surface area contributed by atoms with Crippen molar-refractivity contribution in [2.75, 3.05) is 6.54 Å². The number of carbonyl (C=O) groups excluding carboxylic acids is 4. The van der Waals surface area contributed by atoms with E-state index in [9.17, 15) is 24.3 Å². The van der Waals surface area contributed by atoms with E-state index in [1.165, 1.54) is 11.8 Å². The van der Waals surface area contributed by atoms with Crippen LogP contribution in [0.3, 0.4) is 0 Å². The predicted molar refractivity (Wildman–Crippen MR) is 133 cm³/mol. The van der Waals surface area contributed by atoms with Crippen LogP contribution in [0.2, 0.25) is 0 Å². The zero-order chi connectivity index (χ0) is 26.7. The van der Waals surface area contributed by atoms with E-state index in [0.717, 1.165) is 11.1 Å². The number of primary amides is 1. The summed E-state index contributed by atoms with van der Waals surface area (Å²) in [6.45, 7) is 13.0. The molecular formula is C26H40N4O5. The minimum atomic E-state index is -0.985. The summed E-state index contributed by atoms with van der Waals surface area (Å²) in [5.74, 6) is -2.09. The molecule has 4 amide bonds. The van der Waals surface area contributed by atoms with Crippen LogP contribution in [0.5, 0.6) is 0 Å².